The fourth-order valence-electron chi connectivity index (χ4n) is 2.89. The number of hydrogen-bond donors (Lipinski definition) is 1. The van der Waals surface area contributed by atoms with Crippen molar-refractivity contribution < 1.29 is 4.74 Å². The molecule has 0 saturated carbocycles. The van der Waals surface area contributed by atoms with Gasteiger partial charge in [0.05, 0.1) is 24.5 Å². The quantitative estimate of drug-likeness (QED) is 0.774. The third-order valence-corrected chi connectivity index (χ3v) is 4.35. The number of nitrogens with zero attached hydrogens (tertiary/aromatic N) is 6. The summed E-state index contributed by atoms with van der Waals surface area (Å²) in [5.74, 6) is 1.49. The van der Waals surface area contributed by atoms with Gasteiger partial charge in [-0.1, -0.05) is 0 Å². The van der Waals surface area contributed by atoms with Crippen LogP contribution in [0.15, 0.2) is 24.7 Å². The van der Waals surface area contributed by atoms with Crippen molar-refractivity contribution in [2.24, 2.45) is 0 Å². The molecule has 3 aromatic heterocycles. The van der Waals surface area contributed by atoms with Crippen LogP contribution >= 0.6 is 0 Å². The highest BCUT2D eigenvalue weighted by Crippen LogP contribution is 2.28. The maximum absolute atomic E-state index is 5.21. The summed E-state index contributed by atoms with van der Waals surface area (Å²) in [5.41, 5.74) is 2.42. The Morgan fingerprint density at radius 2 is 1.92 bits per heavy atom. The van der Waals surface area contributed by atoms with Gasteiger partial charge < -0.3 is 14.5 Å². The highest BCUT2D eigenvalue weighted by atomic mass is 16.5. The van der Waals surface area contributed by atoms with Crippen molar-refractivity contribution in [1.29, 1.82) is 0 Å². The zero-order valence-corrected chi connectivity index (χ0v) is 13.7. The molecule has 0 unspecified atom stereocenters. The van der Waals surface area contributed by atoms with E-state index in [2.05, 4.69) is 42.0 Å². The number of aromatic nitrogens is 5. The number of ether oxygens (including phenoxy) is 1. The summed E-state index contributed by atoms with van der Waals surface area (Å²) >= 11 is 0. The molecule has 124 valence electrons. The van der Waals surface area contributed by atoms with Crippen LogP contribution in [0.1, 0.15) is 0 Å². The van der Waals surface area contributed by atoms with Crippen LogP contribution in [0.3, 0.4) is 0 Å². The van der Waals surface area contributed by atoms with Crippen molar-refractivity contribution in [2.75, 3.05) is 45.2 Å². The molecule has 0 amide bonds. The van der Waals surface area contributed by atoms with Crippen LogP contribution in [0.25, 0.3) is 22.3 Å². The number of aromatic amines is 1. The minimum atomic E-state index is 0.554. The monoisotopic (exact) mass is 325 g/mol. The lowest BCUT2D eigenvalue weighted by molar-refractivity contribution is 0.312. The summed E-state index contributed by atoms with van der Waals surface area (Å²) in [5, 5.41) is 8.33. The lowest BCUT2D eigenvalue weighted by Gasteiger charge is -2.33. The van der Waals surface area contributed by atoms with E-state index in [4.69, 9.17) is 4.74 Å². The molecule has 1 fully saturated rings. The Hall–Kier alpha value is -2.74. The number of rotatable bonds is 3. The van der Waals surface area contributed by atoms with Crippen LogP contribution in [-0.2, 0) is 0 Å². The average Bonchev–Trinajstić information content (AvgIpc) is 3.05. The van der Waals surface area contributed by atoms with Crippen molar-refractivity contribution in [1.82, 2.24) is 30.0 Å². The summed E-state index contributed by atoms with van der Waals surface area (Å²) in [6.45, 7) is 4.00. The van der Waals surface area contributed by atoms with Crippen LogP contribution < -0.4 is 9.64 Å². The van der Waals surface area contributed by atoms with Gasteiger partial charge in [-0.15, -0.1) is 0 Å². The van der Waals surface area contributed by atoms with E-state index in [9.17, 15) is 0 Å². The standard InChI is InChI=1S/C16H19N7O/c1-22-3-5-23(6-4-22)14-8-12(18-10-19-14)16-11-7-15(24-2)17-9-13(11)20-21-16/h7-10H,3-6H2,1-2H3,(H,20,21). The molecule has 0 spiro atoms. The van der Waals surface area contributed by atoms with E-state index in [1.165, 1.54) is 0 Å². The molecule has 4 heterocycles. The van der Waals surface area contributed by atoms with Crippen molar-refractivity contribution in [3.63, 3.8) is 0 Å². The molecular weight excluding hydrogens is 306 g/mol. The smallest absolute Gasteiger partial charge is 0.213 e. The van der Waals surface area contributed by atoms with E-state index in [0.717, 1.165) is 54.3 Å². The van der Waals surface area contributed by atoms with E-state index in [1.807, 2.05) is 12.1 Å². The van der Waals surface area contributed by atoms with Crippen LogP contribution in [0.4, 0.5) is 5.82 Å². The van der Waals surface area contributed by atoms with E-state index in [1.54, 1.807) is 19.6 Å². The highest BCUT2D eigenvalue weighted by molar-refractivity contribution is 5.92. The number of anilines is 1. The third kappa shape index (κ3) is 2.65. The number of likely N-dealkylation sites (N-methyl/N-ethyl adjacent to an activating group) is 1. The van der Waals surface area contributed by atoms with Gasteiger partial charge in [0.1, 0.15) is 17.8 Å². The lowest BCUT2D eigenvalue weighted by atomic mass is 10.2. The van der Waals surface area contributed by atoms with Crippen LogP contribution in [0, 0.1) is 0 Å². The molecule has 4 rings (SSSR count). The Bertz CT molecular complexity index is 855. The summed E-state index contributed by atoms with van der Waals surface area (Å²) in [6.07, 6.45) is 3.31. The molecule has 1 N–H and O–H groups in total. The van der Waals surface area contributed by atoms with E-state index >= 15 is 0 Å². The number of hydrogen-bond acceptors (Lipinski definition) is 7. The van der Waals surface area contributed by atoms with Gasteiger partial charge >= 0.3 is 0 Å². The third-order valence-electron chi connectivity index (χ3n) is 4.35. The number of methoxy groups -OCH3 is 1. The summed E-state index contributed by atoms with van der Waals surface area (Å²) < 4.78 is 5.21. The average molecular weight is 325 g/mol. The van der Waals surface area contributed by atoms with Crippen LogP contribution in [-0.4, -0.2) is 70.4 Å². The molecule has 0 aromatic carbocycles. The second-order valence-electron chi connectivity index (χ2n) is 5.90. The van der Waals surface area contributed by atoms with E-state index < -0.39 is 0 Å². The van der Waals surface area contributed by atoms with Gasteiger partial charge in [0.25, 0.3) is 0 Å². The minimum absolute atomic E-state index is 0.554. The Morgan fingerprint density at radius 3 is 2.71 bits per heavy atom. The normalized spacial score (nSPS) is 15.8. The molecule has 0 aliphatic carbocycles. The first-order valence-corrected chi connectivity index (χ1v) is 7.88. The highest BCUT2D eigenvalue weighted by Gasteiger charge is 2.17. The first kappa shape index (κ1) is 14.8. The van der Waals surface area contributed by atoms with Crippen molar-refractivity contribution in [3.8, 4) is 17.3 Å². The van der Waals surface area contributed by atoms with Gasteiger partial charge in [-0.2, -0.15) is 5.10 Å². The number of nitrogens with one attached hydrogen (secondary N) is 1. The van der Waals surface area contributed by atoms with Gasteiger partial charge in [-0.25, -0.2) is 15.0 Å². The fourth-order valence-corrected chi connectivity index (χ4v) is 2.89. The molecule has 1 saturated heterocycles. The Kier molecular flexibility index (Phi) is 3.73. The van der Waals surface area contributed by atoms with Crippen molar-refractivity contribution in [3.05, 3.63) is 24.7 Å². The molecule has 1 aliphatic rings. The van der Waals surface area contributed by atoms with Crippen LogP contribution in [0.2, 0.25) is 0 Å². The van der Waals surface area contributed by atoms with Crippen molar-refractivity contribution in [2.45, 2.75) is 0 Å². The number of H-pyrrole nitrogens is 1. The summed E-state index contributed by atoms with van der Waals surface area (Å²) in [7, 11) is 3.74. The SMILES string of the molecule is COc1cc2c(-c3cc(N4CCN(C)CC4)ncn3)n[nH]c2cn1. The fraction of sp³-hybridized carbons (Fsp3) is 0.375. The van der Waals surface area contributed by atoms with Gasteiger partial charge in [0.2, 0.25) is 5.88 Å². The molecule has 1 aliphatic heterocycles. The van der Waals surface area contributed by atoms with Gasteiger partial charge in [0.15, 0.2) is 0 Å². The van der Waals surface area contributed by atoms with Crippen LogP contribution in [0.5, 0.6) is 5.88 Å². The zero-order chi connectivity index (χ0) is 16.5. The molecule has 8 heteroatoms. The number of piperazine rings is 1. The molecule has 0 radical (unpaired) electrons. The molecule has 24 heavy (non-hydrogen) atoms. The Balaban J connectivity index is 1.71. The maximum atomic E-state index is 5.21. The minimum Gasteiger partial charge on any atom is -0.481 e. The second kappa shape index (κ2) is 6.04. The predicted molar refractivity (Wildman–Crippen MR) is 91.2 cm³/mol. The maximum Gasteiger partial charge on any atom is 0.213 e. The van der Waals surface area contributed by atoms with E-state index in [0.29, 0.717) is 5.88 Å². The van der Waals surface area contributed by atoms with Gasteiger partial charge in [-0.05, 0) is 7.05 Å². The van der Waals surface area contributed by atoms with Gasteiger partial charge in [-0.3, -0.25) is 5.10 Å². The topological polar surface area (TPSA) is 83.1 Å². The zero-order valence-electron chi connectivity index (χ0n) is 13.7. The molecule has 0 bridgehead atoms. The predicted octanol–water partition coefficient (Wildman–Crippen LogP) is 1.18. The molecular formula is C16H19N7O. The number of fused-ring (bicyclic) bond motifs is 1. The van der Waals surface area contributed by atoms with E-state index in [-0.39, 0.29) is 0 Å². The summed E-state index contributed by atoms with van der Waals surface area (Å²) in [6, 6.07) is 3.86. The first-order chi connectivity index (χ1) is 11.7. The first-order valence-electron chi connectivity index (χ1n) is 7.88. The van der Waals surface area contributed by atoms with Crippen molar-refractivity contribution >= 4 is 16.7 Å². The molecule has 0 atom stereocenters. The largest absolute Gasteiger partial charge is 0.481 e. The lowest BCUT2D eigenvalue weighted by Crippen LogP contribution is -2.44. The molecule has 8 nitrogen and oxygen atoms in total. The summed E-state index contributed by atoms with van der Waals surface area (Å²) in [4.78, 5) is 17.6. The Morgan fingerprint density at radius 1 is 1.08 bits per heavy atom. The second-order valence-corrected chi connectivity index (χ2v) is 5.90. The molecule has 3 aromatic rings. The Labute approximate surface area is 139 Å². The van der Waals surface area contributed by atoms with Gasteiger partial charge in [0, 0.05) is 43.7 Å². The number of pyridine rings is 1.